The van der Waals surface area contributed by atoms with Gasteiger partial charge in [0.2, 0.25) is 0 Å². The van der Waals surface area contributed by atoms with Crippen LogP contribution in [0.15, 0.2) is 41.8 Å². The molecular weight excluding hydrogens is 388 g/mol. The Morgan fingerprint density at radius 1 is 1.10 bits per heavy atom. The summed E-state index contributed by atoms with van der Waals surface area (Å²) in [5, 5.41) is 7.41. The summed E-state index contributed by atoms with van der Waals surface area (Å²) in [5.74, 6) is -1.22. The third kappa shape index (κ3) is 6.03. The van der Waals surface area contributed by atoms with E-state index in [1.807, 2.05) is 36.5 Å². The first-order valence-corrected chi connectivity index (χ1v) is 10.6. The molecule has 1 atom stereocenters. The van der Waals surface area contributed by atoms with E-state index in [0.717, 1.165) is 29.2 Å². The highest BCUT2D eigenvalue weighted by Gasteiger charge is 2.24. The summed E-state index contributed by atoms with van der Waals surface area (Å²) >= 11 is 1.55. The van der Waals surface area contributed by atoms with Gasteiger partial charge in [0.05, 0.1) is 25.8 Å². The van der Waals surface area contributed by atoms with Crippen molar-refractivity contribution in [3.8, 4) is 0 Å². The third-order valence-corrected chi connectivity index (χ3v) is 5.82. The minimum absolute atomic E-state index is 0.0100. The number of thiophene rings is 1. The van der Waals surface area contributed by atoms with Gasteiger partial charge >= 0.3 is 11.8 Å². The quantitative estimate of drug-likeness (QED) is 0.671. The number of hydrogen-bond acceptors (Lipinski definition) is 6. The van der Waals surface area contributed by atoms with Crippen LogP contribution in [0.1, 0.15) is 16.5 Å². The number of carbonyl (C=O) groups is 2. The van der Waals surface area contributed by atoms with Crippen LogP contribution in [0.4, 0.5) is 5.69 Å². The highest BCUT2D eigenvalue weighted by atomic mass is 32.1. The van der Waals surface area contributed by atoms with Crippen LogP contribution < -0.4 is 15.5 Å². The molecule has 1 aromatic carbocycles. The van der Waals surface area contributed by atoms with Gasteiger partial charge in [-0.25, -0.2) is 0 Å². The number of nitrogens with zero attached hydrogens (tertiary/aromatic N) is 2. The first-order valence-electron chi connectivity index (χ1n) is 9.72. The summed E-state index contributed by atoms with van der Waals surface area (Å²) in [7, 11) is 4.01. The maximum atomic E-state index is 12.3. The number of ether oxygens (including phenoxy) is 1. The number of rotatable bonds is 7. The number of anilines is 1. The monoisotopic (exact) mass is 416 g/mol. The molecule has 0 spiro atoms. The fraction of sp³-hybridized carbons (Fsp3) is 0.429. The molecule has 2 heterocycles. The second kappa shape index (κ2) is 10.4. The Balaban J connectivity index is 1.61. The number of amides is 2. The van der Waals surface area contributed by atoms with Gasteiger partial charge in [-0.3, -0.25) is 14.5 Å². The average molecular weight is 417 g/mol. The lowest BCUT2D eigenvalue weighted by molar-refractivity contribution is -0.139. The van der Waals surface area contributed by atoms with E-state index in [1.54, 1.807) is 11.3 Å². The molecule has 2 amide bonds. The number of benzene rings is 1. The predicted octanol–water partition coefficient (Wildman–Crippen LogP) is 1.62. The maximum Gasteiger partial charge on any atom is 0.309 e. The fourth-order valence-electron chi connectivity index (χ4n) is 3.27. The lowest BCUT2D eigenvalue weighted by Crippen LogP contribution is -2.46. The largest absolute Gasteiger partial charge is 0.379 e. The zero-order valence-corrected chi connectivity index (χ0v) is 17.7. The van der Waals surface area contributed by atoms with Gasteiger partial charge < -0.3 is 20.3 Å². The molecule has 1 aliphatic heterocycles. The highest BCUT2D eigenvalue weighted by Crippen LogP contribution is 2.23. The molecule has 0 unspecified atom stereocenters. The summed E-state index contributed by atoms with van der Waals surface area (Å²) in [6, 6.07) is 12.1. The molecule has 0 aliphatic carbocycles. The molecule has 2 aromatic rings. The Hall–Kier alpha value is -2.42. The first kappa shape index (κ1) is 21.3. The Bertz CT molecular complexity index is 787. The van der Waals surface area contributed by atoms with Gasteiger partial charge in [-0.15, -0.1) is 11.3 Å². The van der Waals surface area contributed by atoms with Crippen molar-refractivity contribution < 1.29 is 14.3 Å². The van der Waals surface area contributed by atoms with Crippen LogP contribution in [-0.2, 0) is 20.9 Å². The Morgan fingerprint density at radius 3 is 2.41 bits per heavy atom. The standard InChI is InChI=1S/C21H28N4O3S/c1-24(2)17-7-5-16(6-8-17)19(25-9-11-28-12-10-25)15-23-21(27)20(26)22-14-18-4-3-13-29-18/h3-8,13,19H,9-12,14-15H2,1-2H3,(H,22,26)(H,23,27)/t19-/m0/s1. The van der Waals surface area contributed by atoms with E-state index in [9.17, 15) is 9.59 Å². The molecule has 1 fully saturated rings. The molecule has 156 valence electrons. The minimum atomic E-state index is -0.609. The van der Waals surface area contributed by atoms with Gasteiger partial charge in [0.15, 0.2) is 0 Å². The van der Waals surface area contributed by atoms with Crippen molar-refractivity contribution in [3.05, 3.63) is 52.2 Å². The van der Waals surface area contributed by atoms with E-state index in [1.165, 1.54) is 0 Å². The molecule has 7 nitrogen and oxygen atoms in total. The Kier molecular flexibility index (Phi) is 7.62. The van der Waals surface area contributed by atoms with E-state index in [4.69, 9.17) is 4.74 Å². The van der Waals surface area contributed by atoms with Crippen LogP contribution >= 0.6 is 11.3 Å². The summed E-state index contributed by atoms with van der Waals surface area (Å²) in [5.41, 5.74) is 2.23. The molecule has 0 radical (unpaired) electrons. The normalized spacial score (nSPS) is 15.5. The van der Waals surface area contributed by atoms with Crippen molar-refractivity contribution in [2.75, 3.05) is 51.8 Å². The molecule has 29 heavy (non-hydrogen) atoms. The molecule has 0 saturated carbocycles. The van der Waals surface area contributed by atoms with Crippen molar-refractivity contribution in [1.29, 1.82) is 0 Å². The van der Waals surface area contributed by atoms with Gasteiger partial charge in [-0.2, -0.15) is 0 Å². The smallest absolute Gasteiger partial charge is 0.309 e. The SMILES string of the molecule is CN(C)c1ccc([C@H](CNC(=O)C(=O)NCc2cccs2)N2CCOCC2)cc1. The average Bonchev–Trinajstić information content (AvgIpc) is 3.27. The molecule has 0 bridgehead atoms. The molecule has 1 aliphatic rings. The van der Waals surface area contributed by atoms with Crippen LogP contribution in [0.2, 0.25) is 0 Å². The van der Waals surface area contributed by atoms with E-state index in [-0.39, 0.29) is 6.04 Å². The molecule has 3 rings (SSSR count). The molecule has 2 N–H and O–H groups in total. The minimum Gasteiger partial charge on any atom is -0.379 e. The molecule has 1 saturated heterocycles. The third-order valence-electron chi connectivity index (χ3n) is 4.95. The highest BCUT2D eigenvalue weighted by molar-refractivity contribution is 7.09. The van der Waals surface area contributed by atoms with Gasteiger partial charge in [0, 0.05) is 44.3 Å². The van der Waals surface area contributed by atoms with Crippen LogP contribution in [0.5, 0.6) is 0 Å². The summed E-state index contributed by atoms with van der Waals surface area (Å²) < 4.78 is 5.47. The Morgan fingerprint density at radius 2 is 1.79 bits per heavy atom. The Labute approximate surface area is 175 Å². The lowest BCUT2D eigenvalue weighted by Gasteiger charge is -2.35. The van der Waals surface area contributed by atoms with E-state index in [0.29, 0.717) is 26.3 Å². The van der Waals surface area contributed by atoms with Gasteiger partial charge in [0.1, 0.15) is 0 Å². The molecular formula is C21H28N4O3S. The van der Waals surface area contributed by atoms with Gasteiger partial charge in [-0.1, -0.05) is 18.2 Å². The van der Waals surface area contributed by atoms with E-state index in [2.05, 4.69) is 39.8 Å². The topological polar surface area (TPSA) is 73.9 Å². The summed E-state index contributed by atoms with van der Waals surface area (Å²) in [6.07, 6.45) is 0. The first-order chi connectivity index (χ1) is 14.0. The van der Waals surface area contributed by atoms with E-state index >= 15 is 0 Å². The zero-order valence-electron chi connectivity index (χ0n) is 16.9. The second-order valence-electron chi connectivity index (χ2n) is 7.12. The van der Waals surface area contributed by atoms with E-state index < -0.39 is 11.8 Å². The van der Waals surface area contributed by atoms with Crippen molar-refractivity contribution in [1.82, 2.24) is 15.5 Å². The summed E-state index contributed by atoms with van der Waals surface area (Å²) in [6.45, 7) is 3.65. The maximum absolute atomic E-state index is 12.3. The number of nitrogens with one attached hydrogen (secondary N) is 2. The lowest BCUT2D eigenvalue weighted by atomic mass is 10.0. The second-order valence-corrected chi connectivity index (χ2v) is 8.15. The predicted molar refractivity (Wildman–Crippen MR) is 115 cm³/mol. The van der Waals surface area contributed by atoms with Crippen LogP contribution in [0.25, 0.3) is 0 Å². The number of morpholine rings is 1. The number of carbonyl (C=O) groups excluding carboxylic acids is 2. The van der Waals surface area contributed by atoms with Crippen molar-refractivity contribution >= 4 is 28.8 Å². The van der Waals surface area contributed by atoms with Crippen LogP contribution in [0, 0.1) is 0 Å². The van der Waals surface area contributed by atoms with Crippen molar-refractivity contribution in [2.24, 2.45) is 0 Å². The summed E-state index contributed by atoms with van der Waals surface area (Å²) in [4.78, 5) is 29.8. The molecule has 1 aromatic heterocycles. The number of hydrogen-bond donors (Lipinski definition) is 2. The van der Waals surface area contributed by atoms with Gasteiger partial charge in [-0.05, 0) is 29.1 Å². The van der Waals surface area contributed by atoms with Crippen molar-refractivity contribution in [3.63, 3.8) is 0 Å². The van der Waals surface area contributed by atoms with Crippen LogP contribution in [0.3, 0.4) is 0 Å². The van der Waals surface area contributed by atoms with Crippen molar-refractivity contribution in [2.45, 2.75) is 12.6 Å². The molecule has 8 heteroatoms. The zero-order chi connectivity index (χ0) is 20.6. The fourth-order valence-corrected chi connectivity index (χ4v) is 3.92. The van der Waals surface area contributed by atoms with Crippen LogP contribution in [-0.4, -0.2) is 63.7 Å². The van der Waals surface area contributed by atoms with Gasteiger partial charge in [0.25, 0.3) is 0 Å².